The van der Waals surface area contributed by atoms with Crippen molar-refractivity contribution < 1.29 is 19.1 Å². The summed E-state index contributed by atoms with van der Waals surface area (Å²) in [5.74, 6) is -1.44. The number of aromatic nitrogens is 3. The number of imide groups is 1. The molecule has 0 bridgehead atoms. The van der Waals surface area contributed by atoms with E-state index in [2.05, 4.69) is 20.7 Å². The fourth-order valence-electron chi connectivity index (χ4n) is 2.55. The van der Waals surface area contributed by atoms with Crippen LogP contribution >= 0.6 is 0 Å². The van der Waals surface area contributed by atoms with Gasteiger partial charge in [-0.25, -0.2) is 19.3 Å². The van der Waals surface area contributed by atoms with E-state index in [1.54, 1.807) is 66.2 Å². The fourth-order valence-corrected chi connectivity index (χ4v) is 2.55. The van der Waals surface area contributed by atoms with Crippen LogP contribution in [0.4, 0.5) is 4.79 Å². The van der Waals surface area contributed by atoms with E-state index in [-0.39, 0.29) is 5.56 Å². The van der Waals surface area contributed by atoms with Crippen molar-refractivity contribution in [3.8, 4) is 5.69 Å². The van der Waals surface area contributed by atoms with E-state index in [4.69, 9.17) is 4.74 Å². The van der Waals surface area contributed by atoms with E-state index in [0.717, 1.165) is 0 Å². The Bertz CT molecular complexity index is 972. The lowest BCUT2D eigenvalue weighted by atomic mass is 10.1. The number of ether oxygens (including phenoxy) is 1. The van der Waals surface area contributed by atoms with Crippen molar-refractivity contribution in [1.82, 2.24) is 25.4 Å². The molecule has 0 radical (unpaired) electrons. The second kappa shape index (κ2) is 9.27. The average molecular weight is 393 g/mol. The number of benzene rings is 2. The first-order chi connectivity index (χ1) is 14.1. The number of nitrogens with one attached hydrogen (secondary N) is 2. The number of amides is 3. The lowest BCUT2D eigenvalue weighted by molar-refractivity contribution is -0.129. The summed E-state index contributed by atoms with van der Waals surface area (Å²) in [6.07, 6.45) is 1.66. The predicted octanol–water partition coefficient (Wildman–Crippen LogP) is 2.01. The van der Waals surface area contributed by atoms with E-state index < -0.39 is 24.0 Å². The molecule has 9 heteroatoms. The first kappa shape index (κ1) is 19.7. The summed E-state index contributed by atoms with van der Waals surface area (Å²) in [6, 6.07) is 14.3. The largest absolute Gasteiger partial charge is 0.444 e. The third-order valence-corrected chi connectivity index (χ3v) is 3.93. The highest BCUT2D eigenvalue weighted by Crippen LogP contribution is 2.20. The van der Waals surface area contributed by atoms with Crippen LogP contribution in [0.3, 0.4) is 0 Å². The van der Waals surface area contributed by atoms with Gasteiger partial charge in [-0.15, -0.1) is 0 Å². The molecule has 9 nitrogen and oxygen atoms in total. The van der Waals surface area contributed by atoms with Crippen LogP contribution < -0.4 is 10.6 Å². The molecule has 0 aliphatic heterocycles. The minimum absolute atomic E-state index is 0.251. The van der Waals surface area contributed by atoms with Crippen molar-refractivity contribution in [3.63, 3.8) is 0 Å². The van der Waals surface area contributed by atoms with Crippen molar-refractivity contribution in [2.75, 3.05) is 6.54 Å². The van der Waals surface area contributed by atoms with Gasteiger partial charge in [-0.1, -0.05) is 30.3 Å². The van der Waals surface area contributed by atoms with Crippen molar-refractivity contribution >= 4 is 17.9 Å². The zero-order valence-corrected chi connectivity index (χ0v) is 15.6. The van der Waals surface area contributed by atoms with Crippen LogP contribution in [0.25, 0.3) is 5.69 Å². The molecule has 2 N–H and O–H groups in total. The molecule has 1 heterocycles. The van der Waals surface area contributed by atoms with Crippen LogP contribution in [-0.2, 0) is 9.53 Å². The van der Waals surface area contributed by atoms with Crippen LogP contribution in [0.15, 0.2) is 67.3 Å². The Balaban J connectivity index is 1.77. The average Bonchev–Trinajstić information content (AvgIpc) is 3.27. The van der Waals surface area contributed by atoms with Crippen molar-refractivity contribution in [2.45, 2.75) is 13.0 Å². The van der Waals surface area contributed by atoms with Crippen molar-refractivity contribution in [1.29, 1.82) is 0 Å². The van der Waals surface area contributed by atoms with E-state index in [1.165, 1.54) is 12.7 Å². The first-order valence-corrected chi connectivity index (χ1v) is 8.88. The zero-order chi connectivity index (χ0) is 20.6. The molecular weight excluding hydrogens is 374 g/mol. The maximum atomic E-state index is 12.6. The van der Waals surface area contributed by atoms with Crippen LogP contribution in [0.2, 0.25) is 0 Å². The molecule has 1 aromatic heterocycles. The molecule has 2 aromatic carbocycles. The number of hydrogen-bond acceptors (Lipinski definition) is 6. The second-order valence-corrected chi connectivity index (χ2v) is 5.93. The molecule has 29 heavy (non-hydrogen) atoms. The Labute approximate surface area is 166 Å². The molecule has 0 saturated carbocycles. The number of urea groups is 1. The first-order valence-electron chi connectivity index (χ1n) is 8.88. The van der Waals surface area contributed by atoms with Gasteiger partial charge in [-0.05, 0) is 31.2 Å². The molecule has 0 aliphatic carbocycles. The fraction of sp³-hybridized carbons (Fsp3) is 0.150. The van der Waals surface area contributed by atoms with E-state index in [0.29, 0.717) is 17.8 Å². The maximum Gasteiger partial charge on any atom is 0.339 e. The molecule has 3 amide bonds. The highest BCUT2D eigenvalue weighted by Gasteiger charge is 2.27. The van der Waals surface area contributed by atoms with E-state index in [9.17, 15) is 14.4 Å². The Hall–Kier alpha value is -4.01. The minimum Gasteiger partial charge on any atom is -0.444 e. The van der Waals surface area contributed by atoms with Gasteiger partial charge in [0.1, 0.15) is 12.7 Å². The van der Waals surface area contributed by atoms with Crippen molar-refractivity contribution in [2.24, 2.45) is 0 Å². The van der Waals surface area contributed by atoms with E-state index >= 15 is 0 Å². The Morgan fingerprint density at radius 3 is 2.41 bits per heavy atom. The smallest absolute Gasteiger partial charge is 0.339 e. The van der Waals surface area contributed by atoms with Gasteiger partial charge in [0.25, 0.3) is 5.91 Å². The topological polar surface area (TPSA) is 115 Å². The second-order valence-electron chi connectivity index (χ2n) is 5.93. The molecule has 3 aromatic rings. The summed E-state index contributed by atoms with van der Waals surface area (Å²) in [5.41, 5.74) is 1.41. The molecule has 0 aliphatic rings. The Morgan fingerprint density at radius 2 is 1.79 bits per heavy atom. The quantitative estimate of drug-likeness (QED) is 0.619. The SMILES string of the molecule is CCNC(=O)NC(=O)[C@@H](OC(=O)c1ccc(-n2cncn2)cc1)c1ccccc1. The molecule has 3 rings (SSSR count). The monoisotopic (exact) mass is 393 g/mol. The van der Waals surface area contributed by atoms with Crippen LogP contribution in [0.1, 0.15) is 28.9 Å². The minimum atomic E-state index is -1.28. The number of nitrogens with zero attached hydrogens (tertiary/aromatic N) is 3. The zero-order valence-electron chi connectivity index (χ0n) is 15.6. The van der Waals surface area contributed by atoms with Crippen LogP contribution in [0.5, 0.6) is 0 Å². The van der Waals surface area contributed by atoms with Gasteiger partial charge >= 0.3 is 12.0 Å². The van der Waals surface area contributed by atoms with Gasteiger partial charge in [0, 0.05) is 12.1 Å². The van der Waals surface area contributed by atoms with Gasteiger partial charge in [0.2, 0.25) is 6.10 Å². The van der Waals surface area contributed by atoms with Crippen LogP contribution in [0, 0.1) is 0 Å². The summed E-state index contributed by atoms with van der Waals surface area (Å²) in [4.78, 5) is 40.7. The molecule has 0 saturated heterocycles. The maximum absolute atomic E-state index is 12.6. The van der Waals surface area contributed by atoms with Gasteiger partial charge in [-0.3, -0.25) is 10.1 Å². The number of rotatable bonds is 6. The standard InChI is InChI=1S/C20H19N5O4/c1-2-22-20(28)24-18(26)17(14-6-4-3-5-7-14)29-19(27)15-8-10-16(11-9-15)25-13-21-12-23-25/h3-13,17H,2H2,1H3,(H2,22,24,26,28)/t17-/m0/s1. The summed E-state index contributed by atoms with van der Waals surface area (Å²) < 4.78 is 6.97. The van der Waals surface area contributed by atoms with Gasteiger partial charge in [0.15, 0.2) is 0 Å². The molecule has 0 fully saturated rings. The van der Waals surface area contributed by atoms with Gasteiger partial charge < -0.3 is 10.1 Å². The van der Waals surface area contributed by atoms with Crippen molar-refractivity contribution in [3.05, 3.63) is 78.4 Å². The molecule has 0 spiro atoms. The summed E-state index contributed by atoms with van der Waals surface area (Å²) in [7, 11) is 0. The summed E-state index contributed by atoms with van der Waals surface area (Å²) in [6.45, 7) is 2.08. The van der Waals surface area contributed by atoms with Gasteiger partial charge in [-0.2, -0.15) is 5.10 Å². The third kappa shape index (κ3) is 5.04. The lowest BCUT2D eigenvalue weighted by Crippen LogP contribution is -2.42. The van der Waals surface area contributed by atoms with E-state index in [1.807, 2.05) is 0 Å². The Kier molecular flexibility index (Phi) is 6.31. The predicted molar refractivity (Wildman–Crippen MR) is 103 cm³/mol. The molecular formula is C20H19N5O4. The molecule has 0 unspecified atom stereocenters. The summed E-state index contributed by atoms with van der Waals surface area (Å²) >= 11 is 0. The van der Waals surface area contributed by atoms with Gasteiger partial charge in [0.05, 0.1) is 11.3 Å². The normalized spacial score (nSPS) is 11.3. The third-order valence-electron chi connectivity index (χ3n) is 3.93. The molecule has 1 atom stereocenters. The lowest BCUT2D eigenvalue weighted by Gasteiger charge is -2.18. The summed E-state index contributed by atoms with van der Waals surface area (Å²) in [5, 5.41) is 8.66. The number of esters is 1. The van der Waals surface area contributed by atoms with Crippen LogP contribution in [-0.4, -0.2) is 39.2 Å². The molecule has 148 valence electrons. The number of hydrogen-bond donors (Lipinski definition) is 2. The number of carbonyl (C=O) groups excluding carboxylic acids is 3. The highest BCUT2D eigenvalue weighted by molar-refractivity contribution is 5.99. The number of carbonyl (C=O) groups is 3. The highest BCUT2D eigenvalue weighted by atomic mass is 16.5. The Morgan fingerprint density at radius 1 is 1.07 bits per heavy atom.